The highest BCUT2D eigenvalue weighted by atomic mass is 32.1. The number of para-hydroxylation sites is 2. The van der Waals surface area contributed by atoms with Crippen LogP contribution in [0.25, 0.3) is 6.08 Å². The summed E-state index contributed by atoms with van der Waals surface area (Å²) in [4.78, 5) is 38.4. The number of Topliss-reactive ketones (excluding diaryl/α,β-unsaturated/α-hetero) is 1. The molecule has 0 radical (unpaired) electrons. The maximum atomic E-state index is 13.3. The topological polar surface area (TPSA) is 84.9 Å². The van der Waals surface area contributed by atoms with E-state index in [1.54, 1.807) is 48.5 Å². The van der Waals surface area contributed by atoms with Gasteiger partial charge in [0.2, 0.25) is 0 Å². The van der Waals surface area contributed by atoms with Crippen LogP contribution in [0, 0.1) is 0 Å². The van der Waals surface area contributed by atoms with E-state index in [9.17, 15) is 14.4 Å². The maximum Gasteiger partial charge on any atom is 0.270 e. The van der Waals surface area contributed by atoms with Crippen molar-refractivity contribution >= 4 is 46.7 Å². The van der Waals surface area contributed by atoms with Crippen molar-refractivity contribution in [3.63, 3.8) is 0 Å². The number of carbonyl (C=O) groups excluding carboxylic acids is 3. The molecule has 3 aromatic carbocycles. The van der Waals surface area contributed by atoms with Crippen LogP contribution in [0.2, 0.25) is 0 Å². The first-order valence-electron chi connectivity index (χ1n) is 10.4. The molecule has 170 valence electrons. The molecule has 1 N–H and O–H groups in total. The summed E-state index contributed by atoms with van der Waals surface area (Å²) in [6, 6.07) is 22.9. The number of ether oxygens (including phenoxy) is 2. The van der Waals surface area contributed by atoms with Crippen LogP contribution in [0.1, 0.15) is 12.5 Å². The fourth-order valence-corrected chi connectivity index (χ4v) is 3.53. The largest absolute Gasteiger partial charge is 0.485 e. The number of hydrogen-bond acceptors (Lipinski definition) is 6. The molecule has 1 aliphatic heterocycles. The second-order valence-corrected chi connectivity index (χ2v) is 7.78. The highest BCUT2D eigenvalue weighted by Crippen LogP contribution is 2.28. The number of rotatable bonds is 7. The smallest absolute Gasteiger partial charge is 0.270 e. The Morgan fingerprint density at radius 2 is 1.59 bits per heavy atom. The zero-order valence-corrected chi connectivity index (χ0v) is 19.0. The summed E-state index contributed by atoms with van der Waals surface area (Å²) in [7, 11) is 0. The zero-order chi connectivity index (χ0) is 24.1. The average Bonchev–Trinajstić information content (AvgIpc) is 2.82. The van der Waals surface area contributed by atoms with Gasteiger partial charge in [-0.3, -0.25) is 24.6 Å². The lowest BCUT2D eigenvalue weighted by Gasteiger charge is -2.29. The highest BCUT2D eigenvalue weighted by molar-refractivity contribution is 7.80. The zero-order valence-electron chi connectivity index (χ0n) is 18.2. The number of ketones is 1. The minimum Gasteiger partial charge on any atom is -0.485 e. The molecule has 0 spiro atoms. The molecule has 0 aromatic heterocycles. The molecule has 1 heterocycles. The first-order valence-corrected chi connectivity index (χ1v) is 10.8. The Morgan fingerprint density at radius 3 is 2.29 bits per heavy atom. The van der Waals surface area contributed by atoms with Gasteiger partial charge < -0.3 is 9.47 Å². The van der Waals surface area contributed by atoms with E-state index in [1.807, 2.05) is 30.3 Å². The maximum absolute atomic E-state index is 13.3. The van der Waals surface area contributed by atoms with Crippen molar-refractivity contribution in [1.82, 2.24) is 5.32 Å². The lowest BCUT2D eigenvalue weighted by Crippen LogP contribution is -2.54. The second-order valence-electron chi connectivity index (χ2n) is 7.40. The van der Waals surface area contributed by atoms with Crippen molar-refractivity contribution < 1.29 is 23.9 Å². The molecule has 7 nitrogen and oxygen atoms in total. The number of carbonyl (C=O) groups is 3. The van der Waals surface area contributed by atoms with Crippen molar-refractivity contribution in [3.05, 3.63) is 90.0 Å². The number of thiocarbonyl (C=S) groups is 1. The number of nitrogens with zero attached hydrogens (tertiary/aromatic N) is 1. The van der Waals surface area contributed by atoms with Gasteiger partial charge in [-0.15, -0.1) is 0 Å². The van der Waals surface area contributed by atoms with E-state index in [1.165, 1.54) is 17.9 Å². The summed E-state index contributed by atoms with van der Waals surface area (Å²) in [5, 5.41) is 2.53. The van der Waals surface area contributed by atoms with Gasteiger partial charge in [-0.2, -0.15) is 0 Å². The van der Waals surface area contributed by atoms with Gasteiger partial charge in [-0.05, 0) is 67.7 Å². The molecule has 4 rings (SSSR count). The summed E-state index contributed by atoms with van der Waals surface area (Å²) in [6.07, 6.45) is 1.43. The van der Waals surface area contributed by atoms with Crippen LogP contribution in [0.4, 0.5) is 5.69 Å². The molecule has 0 bridgehead atoms. The van der Waals surface area contributed by atoms with E-state index in [-0.39, 0.29) is 23.1 Å². The average molecular weight is 473 g/mol. The summed E-state index contributed by atoms with van der Waals surface area (Å²) in [5.41, 5.74) is 0.848. The van der Waals surface area contributed by atoms with Crippen LogP contribution in [0.3, 0.4) is 0 Å². The Morgan fingerprint density at radius 1 is 0.941 bits per heavy atom. The molecule has 1 saturated heterocycles. The van der Waals surface area contributed by atoms with E-state index in [0.29, 0.717) is 28.5 Å². The van der Waals surface area contributed by atoms with Crippen LogP contribution in [-0.4, -0.2) is 29.3 Å². The number of nitrogens with one attached hydrogen (secondary N) is 1. The van der Waals surface area contributed by atoms with Crippen molar-refractivity contribution in [1.29, 1.82) is 0 Å². The van der Waals surface area contributed by atoms with Gasteiger partial charge >= 0.3 is 0 Å². The Kier molecular flexibility index (Phi) is 6.79. The number of amides is 2. The van der Waals surface area contributed by atoms with Crippen LogP contribution in [0.5, 0.6) is 17.2 Å². The van der Waals surface area contributed by atoms with Crippen molar-refractivity contribution in [2.45, 2.75) is 6.92 Å². The van der Waals surface area contributed by atoms with Gasteiger partial charge in [0.1, 0.15) is 29.4 Å². The molecule has 34 heavy (non-hydrogen) atoms. The first-order chi connectivity index (χ1) is 16.4. The third-order valence-electron chi connectivity index (χ3n) is 4.83. The predicted octanol–water partition coefficient (Wildman–Crippen LogP) is 4.28. The third-order valence-corrected chi connectivity index (χ3v) is 5.11. The third kappa shape index (κ3) is 5.19. The predicted molar refractivity (Wildman–Crippen MR) is 132 cm³/mol. The fraction of sp³-hybridized carbons (Fsp3) is 0.0769. The van der Waals surface area contributed by atoms with Gasteiger partial charge in [-0.25, -0.2) is 0 Å². The van der Waals surface area contributed by atoms with Crippen LogP contribution in [0.15, 0.2) is 84.4 Å². The van der Waals surface area contributed by atoms with E-state index < -0.39 is 11.8 Å². The van der Waals surface area contributed by atoms with E-state index in [4.69, 9.17) is 21.7 Å². The van der Waals surface area contributed by atoms with Gasteiger partial charge in [-0.1, -0.05) is 36.4 Å². The van der Waals surface area contributed by atoms with Crippen LogP contribution < -0.4 is 19.7 Å². The van der Waals surface area contributed by atoms with E-state index in [0.717, 1.165) is 0 Å². The summed E-state index contributed by atoms with van der Waals surface area (Å²) >= 11 is 5.27. The molecule has 3 aromatic rings. The van der Waals surface area contributed by atoms with E-state index in [2.05, 4.69) is 5.32 Å². The Balaban J connectivity index is 1.60. The van der Waals surface area contributed by atoms with Gasteiger partial charge in [0.25, 0.3) is 11.8 Å². The normalized spacial score (nSPS) is 14.7. The molecule has 0 atom stereocenters. The van der Waals surface area contributed by atoms with Gasteiger partial charge in [0.05, 0.1) is 5.69 Å². The summed E-state index contributed by atoms with van der Waals surface area (Å²) in [5.74, 6) is 0.311. The van der Waals surface area contributed by atoms with E-state index >= 15 is 0 Å². The minimum atomic E-state index is -0.614. The molecule has 0 aliphatic carbocycles. The quantitative estimate of drug-likeness (QED) is 0.314. The molecule has 2 amide bonds. The van der Waals surface area contributed by atoms with Crippen molar-refractivity contribution in [2.75, 3.05) is 11.5 Å². The first kappa shape index (κ1) is 22.9. The number of hydrogen-bond donors (Lipinski definition) is 1. The standard InChI is InChI=1S/C26H20N2O5S/c1-17(29)16-32-23-10-6-5-7-18(23)15-22-24(30)27-26(34)28(25(22)31)19-11-13-21(14-12-19)33-20-8-3-2-4-9-20/h2-15H,16H2,1H3,(H,27,30,34). The fourth-order valence-electron chi connectivity index (χ4n) is 3.25. The van der Waals surface area contributed by atoms with Crippen LogP contribution >= 0.6 is 12.2 Å². The van der Waals surface area contributed by atoms with Gasteiger partial charge in [0, 0.05) is 5.56 Å². The highest BCUT2D eigenvalue weighted by Gasteiger charge is 2.34. The molecule has 8 heteroatoms. The summed E-state index contributed by atoms with van der Waals surface area (Å²) in [6.45, 7) is 1.29. The SMILES string of the molecule is CC(=O)COc1ccccc1C=C1C(=O)NC(=S)N(c2ccc(Oc3ccccc3)cc2)C1=O. The lowest BCUT2D eigenvalue weighted by molar-refractivity contribution is -0.122. The second kappa shape index (κ2) is 10.1. The molecular weight excluding hydrogens is 452 g/mol. The summed E-state index contributed by atoms with van der Waals surface area (Å²) < 4.78 is 11.3. The molecule has 1 aliphatic rings. The molecular formula is C26H20N2O5S. The van der Waals surface area contributed by atoms with Crippen molar-refractivity contribution in [2.24, 2.45) is 0 Å². The van der Waals surface area contributed by atoms with Crippen LogP contribution in [-0.2, 0) is 14.4 Å². The minimum absolute atomic E-state index is 0.0232. The van der Waals surface area contributed by atoms with Crippen molar-refractivity contribution in [3.8, 4) is 17.2 Å². The number of benzene rings is 3. The lowest BCUT2D eigenvalue weighted by atomic mass is 10.1. The Bertz CT molecular complexity index is 1290. The molecule has 0 saturated carbocycles. The Hall–Kier alpha value is -4.30. The number of anilines is 1. The van der Waals surface area contributed by atoms with Gasteiger partial charge in [0.15, 0.2) is 10.9 Å². The monoisotopic (exact) mass is 472 g/mol. The molecule has 0 unspecified atom stereocenters. The molecule has 1 fully saturated rings. The Labute approximate surface area is 201 Å².